The molecule has 0 unspecified atom stereocenters. The van der Waals surface area contributed by atoms with Crippen molar-refractivity contribution in [2.45, 2.75) is 19.6 Å². The number of nitrogens with one attached hydrogen (secondary N) is 1. The van der Waals surface area contributed by atoms with E-state index in [4.69, 9.17) is 0 Å². The van der Waals surface area contributed by atoms with E-state index in [1.165, 1.54) is 6.07 Å². The van der Waals surface area contributed by atoms with Crippen LogP contribution in [0, 0.1) is 0 Å². The van der Waals surface area contributed by atoms with Crippen molar-refractivity contribution in [1.29, 1.82) is 0 Å². The number of hydrogen-bond acceptors (Lipinski definition) is 2. The zero-order chi connectivity index (χ0) is 14.0. The van der Waals surface area contributed by atoms with E-state index in [9.17, 15) is 13.2 Å². The number of aromatic nitrogens is 2. The summed E-state index contributed by atoms with van der Waals surface area (Å²) in [5, 5.41) is 7.08. The lowest BCUT2D eigenvalue weighted by Crippen LogP contribution is -2.05. The fourth-order valence-corrected chi connectivity index (χ4v) is 2.03. The minimum absolute atomic E-state index is 0.353. The topological polar surface area (TPSA) is 29.9 Å². The van der Waals surface area contributed by atoms with Gasteiger partial charge in [-0.15, -0.1) is 0 Å². The number of halogens is 4. The van der Waals surface area contributed by atoms with Gasteiger partial charge in [-0.2, -0.15) is 18.3 Å². The van der Waals surface area contributed by atoms with E-state index in [-0.39, 0.29) is 0 Å². The predicted molar refractivity (Wildman–Crippen MR) is 70.3 cm³/mol. The third kappa shape index (κ3) is 3.28. The average Bonchev–Trinajstić information content (AvgIpc) is 2.78. The van der Waals surface area contributed by atoms with E-state index >= 15 is 0 Å². The van der Waals surface area contributed by atoms with Gasteiger partial charge in [-0.25, -0.2) is 0 Å². The molecule has 0 aliphatic carbocycles. The lowest BCUT2D eigenvalue weighted by molar-refractivity contribution is -0.137. The van der Waals surface area contributed by atoms with Crippen molar-refractivity contribution in [3.63, 3.8) is 0 Å². The zero-order valence-corrected chi connectivity index (χ0v) is 11.6. The van der Waals surface area contributed by atoms with Gasteiger partial charge in [-0.05, 0) is 41.1 Å². The number of aryl methyl sites for hydroxylation is 1. The smallest absolute Gasteiger partial charge is 0.352 e. The Kier molecular flexibility index (Phi) is 3.84. The second kappa shape index (κ2) is 5.24. The second-order valence-electron chi connectivity index (χ2n) is 3.90. The summed E-state index contributed by atoms with van der Waals surface area (Å²) in [6.45, 7) is 2.68. The summed E-state index contributed by atoms with van der Waals surface area (Å²) in [5.41, 5.74) is 0.597. The zero-order valence-electron chi connectivity index (χ0n) is 10.0. The molecule has 1 heterocycles. The summed E-state index contributed by atoms with van der Waals surface area (Å²) >= 11 is 3.13. The monoisotopic (exact) mass is 333 g/mol. The van der Waals surface area contributed by atoms with Gasteiger partial charge >= 0.3 is 6.18 Å². The second-order valence-corrected chi connectivity index (χ2v) is 4.76. The van der Waals surface area contributed by atoms with Gasteiger partial charge in [0.15, 0.2) is 0 Å². The van der Waals surface area contributed by atoms with Crippen LogP contribution in [0.15, 0.2) is 35.1 Å². The molecular formula is C12H11BrF3N3. The fourth-order valence-electron chi connectivity index (χ4n) is 1.55. The largest absolute Gasteiger partial charge is 0.416 e. The Morgan fingerprint density at radius 1 is 1.37 bits per heavy atom. The molecule has 102 valence electrons. The lowest BCUT2D eigenvalue weighted by Gasteiger charge is -2.10. The first-order valence-electron chi connectivity index (χ1n) is 5.56. The summed E-state index contributed by atoms with van der Waals surface area (Å²) in [5.74, 6) is 0. The third-order valence-electron chi connectivity index (χ3n) is 2.53. The first kappa shape index (κ1) is 13.9. The standard InChI is InChI=1S/C12H11BrF3N3/c1-2-19-7-9(6-17-19)18-11-4-3-8(5-10(11)13)12(14,15)16/h3-7,18H,2H2,1H3. The first-order valence-corrected chi connectivity index (χ1v) is 6.35. The van der Waals surface area contributed by atoms with Gasteiger partial charge in [-0.1, -0.05) is 0 Å². The van der Waals surface area contributed by atoms with Gasteiger partial charge in [-0.3, -0.25) is 4.68 Å². The van der Waals surface area contributed by atoms with Crippen molar-refractivity contribution in [2.75, 3.05) is 5.32 Å². The molecular weight excluding hydrogens is 323 g/mol. The number of nitrogens with zero attached hydrogens (tertiary/aromatic N) is 2. The van der Waals surface area contributed by atoms with E-state index in [0.29, 0.717) is 10.2 Å². The third-order valence-corrected chi connectivity index (χ3v) is 3.19. The number of anilines is 2. The summed E-state index contributed by atoms with van der Waals surface area (Å²) in [6.07, 6.45) is -0.939. The van der Waals surface area contributed by atoms with Gasteiger partial charge in [0.1, 0.15) is 0 Å². The molecule has 0 saturated carbocycles. The van der Waals surface area contributed by atoms with Gasteiger partial charge in [0.05, 0.1) is 23.1 Å². The highest BCUT2D eigenvalue weighted by atomic mass is 79.9. The van der Waals surface area contributed by atoms with E-state index < -0.39 is 11.7 Å². The molecule has 1 N–H and O–H groups in total. The molecule has 19 heavy (non-hydrogen) atoms. The summed E-state index contributed by atoms with van der Waals surface area (Å²) in [7, 11) is 0. The molecule has 1 aromatic heterocycles. The Morgan fingerprint density at radius 2 is 2.11 bits per heavy atom. The quantitative estimate of drug-likeness (QED) is 0.900. The van der Waals surface area contributed by atoms with Crippen LogP contribution in [0.4, 0.5) is 24.5 Å². The molecule has 0 aliphatic rings. The average molecular weight is 334 g/mol. The van der Waals surface area contributed by atoms with Crippen molar-refractivity contribution >= 4 is 27.3 Å². The van der Waals surface area contributed by atoms with Crippen LogP contribution in [0.5, 0.6) is 0 Å². The Labute approximate surface area is 116 Å². The molecule has 0 spiro atoms. The molecule has 0 radical (unpaired) electrons. The van der Waals surface area contributed by atoms with Crippen LogP contribution in [0.25, 0.3) is 0 Å². The van der Waals surface area contributed by atoms with Crippen LogP contribution in [0.1, 0.15) is 12.5 Å². The van der Waals surface area contributed by atoms with E-state index in [2.05, 4.69) is 26.3 Å². The van der Waals surface area contributed by atoms with Crippen molar-refractivity contribution in [3.8, 4) is 0 Å². The van der Waals surface area contributed by atoms with Gasteiger partial charge < -0.3 is 5.32 Å². The van der Waals surface area contributed by atoms with Crippen LogP contribution in [0.2, 0.25) is 0 Å². The van der Waals surface area contributed by atoms with Crippen LogP contribution >= 0.6 is 15.9 Å². The molecule has 0 fully saturated rings. The molecule has 0 aliphatic heterocycles. The van der Waals surface area contributed by atoms with Crippen LogP contribution < -0.4 is 5.32 Å². The Morgan fingerprint density at radius 3 is 2.63 bits per heavy atom. The normalized spacial score (nSPS) is 11.6. The Balaban J connectivity index is 2.22. The summed E-state index contributed by atoms with van der Waals surface area (Å²) in [6, 6.07) is 3.47. The number of rotatable bonds is 3. The first-order chi connectivity index (χ1) is 8.90. The summed E-state index contributed by atoms with van der Waals surface area (Å²) < 4.78 is 39.6. The lowest BCUT2D eigenvalue weighted by atomic mass is 10.2. The van der Waals surface area contributed by atoms with Crippen molar-refractivity contribution in [2.24, 2.45) is 0 Å². The maximum absolute atomic E-state index is 12.5. The number of hydrogen-bond donors (Lipinski definition) is 1. The summed E-state index contributed by atoms with van der Waals surface area (Å²) in [4.78, 5) is 0. The van der Waals surface area contributed by atoms with Crippen molar-refractivity contribution < 1.29 is 13.2 Å². The maximum Gasteiger partial charge on any atom is 0.416 e. The SMILES string of the molecule is CCn1cc(Nc2ccc(C(F)(F)F)cc2Br)cn1. The minimum Gasteiger partial charge on any atom is -0.352 e. The molecule has 2 aromatic rings. The van der Waals surface area contributed by atoms with E-state index in [1.807, 2.05) is 6.92 Å². The minimum atomic E-state index is -4.34. The highest BCUT2D eigenvalue weighted by Gasteiger charge is 2.30. The molecule has 0 saturated heterocycles. The fraction of sp³-hybridized carbons (Fsp3) is 0.250. The predicted octanol–water partition coefficient (Wildman–Crippen LogP) is 4.43. The highest BCUT2D eigenvalue weighted by molar-refractivity contribution is 9.10. The van der Waals surface area contributed by atoms with Crippen molar-refractivity contribution in [1.82, 2.24) is 9.78 Å². The Hall–Kier alpha value is -1.50. The van der Waals surface area contributed by atoms with E-state index in [0.717, 1.165) is 24.4 Å². The molecule has 0 bridgehead atoms. The molecule has 3 nitrogen and oxygen atoms in total. The maximum atomic E-state index is 12.5. The van der Waals surface area contributed by atoms with Gasteiger partial charge in [0.25, 0.3) is 0 Å². The van der Waals surface area contributed by atoms with Crippen LogP contribution in [-0.2, 0) is 12.7 Å². The molecule has 1 aromatic carbocycles. The molecule has 2 rings (SSSR count). The highest BCUT2D eigenvalue weighted by Crippen LogP contribution is 2.34. The Bertz CT molecular complexity index is 578. The molecule has 0 atom stereocenters. The van der Waals surface area contributed by atoms with Gasteiger partial charge in [0.2, 0.25) is 0 Å². The van der Waals surface area contributed by atoms with E-state index in [1.54, 1.807) is 17.1 Å². The number of benzene rings is 1. The molecule has 0 amide bonds. The van der Waals surface area contributed by atoms with Crippen LogP contribution in [0.3, 0.4) is 0 Å². The van der Waals surface area contributed by atoms with Crippen LogP contribution in [-0.4, -0.2) is 9.78 Å². The van der Waals surface area contributed by atoms with Crippen molar-refractivity contribution in [3.05, 3.63) is 40.6 Å². The molecule has 7 heteroatoms. The number of alkyl halides is 3. The van der Waals surface area contributed by atoms with Gasteiger partial charge in [0, 0.05) is 17.2 Å².